The number of ether oxygens (including phenoxy) is 2. The third-order valence-corrected chi connectivity index (χ3v) is 18.4. The first-order valence-electron chi connectivity index (χ1n) is 15.1. The summed E-state index contributed by atoms with van der Waals surface area (Å²) in [7, 11) is -4.17. The zero-order chi connectivity index (χ0) is 32.7. The van der Waals surface area contributed by atoms with E-state index in [4.69, 9.17) is 18.3 Å². The number of nitro benzene ring substituents is 1. The van der Waals surface area contributed by atoms with Crippen LogP contribution in [0.1, 0.15) is 59.8 Å². The predicted molar refractivity (Wildman–Crippen MR) is 174 cm³/mol. The molecule has 3 heterocycles. The highest BCUT2D eigenvalue weighted by Crippen LogP contribution is 2.43. The van der Waals surface area contributed by atoms with E-state index in [-0.39, 0.29) is 40.5 Å². The third kappa shape index (κ3) is 7.47. The third-order valence-electron chi connectivity index (χ3n) is 9.36. The standard InChI is InChI=1S/C30H47N5O7Si2/c1-29(2,3)43(7,8)40-18-23-22(42-44(9,10)30(4,5)6)17-24(41-23)34-19-31-25-26(34)32-28(36)33-27(25)39-16-15-20-11-13-21(14-12-20)35(37)38/h11-14,19,22-24H,15-18H2,1-10H3,(H,32,33,36)/t22-,23+,24+/m0/s1. The van der Waals surface area contributed by atoms with Crippen molar-refractivity contribution < 1.29 is 23.2 Å². The molecule has 1 aliphatic rings. The monoisotopic (exact) mass is 645 g/mol. The fourth-order valence-corrected chi connectivity index (χ4v) is 6.86. The van der Waals surface area contributed by atoms with Crippen LogP contribution in [0.2, 0.25) is 36.3 Å². The quantitative estimate of drug-likeness (QED) is 0.143. The van der Waals surface area contributed by atoms with Gasteiger partial charge < -0.3 is 18.3 Å². The fourth-order valence-electron chi connectivity index (χ4n) is 4.49. The van der Waals surface area contributed by atoms with Gasteiger partial charge in [0.2, 0.25) is 5.88 Å². The summed E-state index contributed by atoms with van der Waals surface area (Å²) in [5, 5.41) is 11.0. The van der Waals surface area contributed by atoms with Crippen LogP contribution in [0.3, 0.4) is 0 Å². The molecule has 0 bridgehead atoms. The molecule has 0 unspecified atom stereocenters. The van der Waals surface area contributed by atoms with E-state index < -0.39 is 33.5 Å². The molecule has 12 nitrogen and oxygen atoms in total. The van der Waals surface area contributed by atoms with Crippen molar-refractivity contribution in [3.8, 4) is 5.88 Å². The maximum Gasteiger partial charge on any atom is 0.349 e. The van der Waals surface area contributed by atoms with Crippen LogP contribution < -0.4 is 10.4 Å². The summed E-state index contributed by atoms with van der Waals surface area (Å²) in [6.07, 6.45) is 1.78. The van der Waals surface area contributed by atoms with Crippen molar-refractivity contribution in [1.29, 1.82) is 0 Å². The molecule has 0 spiro atoms. The topological polar surface area (TPSA) is 144 Å². The number of nitro groups is 1. The Kier molecular flexibility index (Phi) is 9.62. The van der Waals surface area contributed by atoms with Gasteiger partial charge in [-0.2, -0.15) is 4.98 Å². The molecule has 1 aromatic carbocycles. The summed E-state index contributed by atoms with van der Waals surface area (Å²) in [4.78, 5) is 34.5. The lowest BCUT2D eigenvalue weighted by Gasteiger charge is -2.40. The molecule has 1 N–H and O–H groups in total. The van der Waals surface area contributed by atoms with Gasteiger partial charge in [-0.15, -0.1) is 0 Å². The number of non-ortho nitro benzene ring substituents is 1. The van der Waals surface area contributed by atoms with Gasteiger partial charge in [0.15, 0.2) is 22.2 Å². The number of aromatic amines is 1. The molecule has 1 aliphatic heterocycles. The van der Waals surface area contributed by atoms with Crippen LogP contribution in [0.5, 0.6) is 5.88 Å². The highest BCUT2D eigenvalue weighted by atomic mass is 28.4. The molecule has 0 amide bonds. The number of nitrogens with zero attached hydrogens (tertiary/aromatic N) is 4. The number of aromatic nitrogens is 4. The summed E-state index contributed by atoms with van der Waals surface area (Å²) in [6, 6.07) is 6.27. The maximum atomic E-state index is 12.6. The van der Waals surface area contributed by atoms with Crippen molar-refractivity contribution in [2.45, 2.75) is 109 Å². The molecule has 4 rings (SSSR count). The van der Waals surface area contributed by atoms with Gasteiger partial charge in [-0.3, -0.25) is 19.7 Å². The average Bonchev–Trinajstić information content (AvgIpc) is 3.50. The summed E-state index contributed by atoms with van der Waals surface area (Å²) in [6.45, 7) is 22.9. The smallest absolute Gasteiger partial charge is 0.349 e. The van der Waals surface area contributed by atoms with Gasteiger partial charge in [0, 0.05) is 25.0 Å². The molecule has 3 atom stereocenters. The van der Waals surface area contributed by atoms with Gasteiger partial charge in [-0.1, -0.05) is 53.7 Å². The van der Waals surface area contributed by atoms with Crippen molar-refractivity contribution in [3.05, 3.63) is 56.8 Å². The van der Waals surface area contributed by atoms with Crippen LogP contribution in [0.25, 0.3) is 11.2 Å². The fraction of sp³-hybridized carbons (Fsp3) is 0.633. The van der Waals surface area contributed by atoms with Crippen LogP contribution in [0.15, 0.2) is 35.4 Å². The minimum atomic E-state index is -2.13. The van der Waals surface area contributed by atoms with Gasteiger partial charge >= 0.3 is 5.69 Å². The number of hydrogen-bond acceptors (Lipinski definition) is 9. The number of benzene rings is 1. The molecule has 3 aromatic rings. The van der Waals surface area contributed by atoms with E-state index in [0.29, 0.717) is 30.6 Å². The summed E-state index contributed by atoms with van der Waals surface area (Å²) >= 11 is 0. The predicted octanol–water partition coefficient (Wildman–Crippen LogP) is 6.35. The average molecular weight is 646 g/mol. The molecule has 14 heteroatoms. The first-order chi connectivity index (χ1) is 20.3. The van der Waals surface area contributed by atoms with E-state index in [2.05, 4.69) is 82.7 Å². The van der Waals surface area contributed by atoms with Gasteiger partial charge in [0.1, 0.15) is 18.0 Å². The Morgan fingerprint density at radius 1 is 1.07 bits per heavy atom. The number of hydrogen-bond donors (Lipinski definition) is 1. The molecule has 1 fully saturated rings. The van der Waals surface area contributed by atoms with Gasteiger partial charge in [-0.05, 0) is 41.8 Å². The normalized spacial score (nSPS) is 19.9. The number of H-pyrrole nitrogens is 1. The second kappa shape index (κ2) is 12.5. The van der Waals surface area contributed by atoms with Crippen molar-refractivity contribution in [2.24, 2.45) is 0 Å². The summed E-state index contributed by atoms with van der Waals surface area (Å²) < 4.78 is 27.8. The van der Waals surface area contributed by atoms with Crippen molar-refractivity contribution in [2.75, 3.05) is 13.2 Å². The van der Waals surface area contributed by atoms with Gasteiger partial charge in [0.25, 0.3) is 5.69 Å². The van der Waals surface area contributed by atoms with E-state index in [1.54, 1.807) is 18.5 Å². The molecular weight excluding hydrogens is 599 g/mol. The number of fused-ring (bicyclic) bond motifs is 1. The first-order valence-corrected chi connectivity index (χ1v) is 20.9. The van der Waals surface area contributed by atoms with Crippen LogP contribution in [-0.2, 0) is 20.0 Å². The minimum Gasteiger partial charge on any atom is -0.476 e. The Balaban J connectivity index is 1.55. The lowest BCUT2D eigenvalue weighted by molar-refractivity contribution is -0.384. The summed E-state index contributed by atoms with van der Waals surface area (Å²) in [5.41, 5.74) is 1.20. The van der Waals surface area contributed by atoms with E-state index in [1.165, 1.54) is 12.1 Å². The Bertz CT molecular complexity index is 1520. The Morgan fingerprint density at radius 2 is 1.70 bits per heavy atom. The second-order valence-corrected chi connectivity index (χ2v) is 24.1. The molecule has 0 radical (unpaired) electrons. The van der Waals surface area contributed by atoms with Crippen LogP contribution >= 0.6 is 0 Å². The molecule has 242 valence electrons. The largest absolute Gasteiger partial charge is 0.476 e. The van der Waals surface area contributed by atoms with Crippen LogP contribution in [0, 0.1) is 10.1 Å². The number of rotatable bonds is 11. The maximum absolute atomic E-state index is 12.6. The number of imidazole rings is 1. The Hall–Kier alpha value is -2.92. The lowest BCUT2D eigenvalue weighted by Crippen LogP contribution is -2.48. The molecule has 2 aromatic heterocycles. The second-order valence-electron chi connectivity index (χ2n) is 14.6. The first kappa shape index (κ1) is 34.0. The minimum absolute atomic E-state index is 0.0231. The molecule has 44 heavy (non-hydrogen) atoms. The van der Waals surface area contributed by atoms with Crippen molar-refractivity contribution in [3.63, 3.8) is 0 Å². The van der Waals surface area contributed by atoms with Gasteiger partial charge in [0.05, 0.1) is 30.6 Å². The van der Waals surface area contributed by atoms with Crippen molar-refractivity contribution in [1.82, 2.24) is 19.5 Å². The van der Waals surface area contributed by atoms with Gasteiger partial charge in [-0.25, -0.2) is 9.78 Å². The van der Waals surface area contributed by atoms with E-state index >= 15 is 0 Å². The molecule has 0 aliphatic carbocycles. The molecule has 0 saturated carbocycles. The highest BCUT2D eigenvalue weighted by molar-refractivity contribution is 6.74. The lowest BCUT2D eigenvalue weighted by atomic mass is 10.1. The van der Waals surface area contributed by atoms with Crippen LogP contribution in [0.4, 0.5) is 5.69 Å². The zero-order valence-corrected chi connectivity index (χ0v) is 29.6. The highest BCUT2D eigenvalue weighted by Gasteiger charge is 2.47. The summed E-state index contributed by atoms with van der Waals surface area (Å²) in [5.74, 6) is 0.120. The van der Waals surface area contributed by atoms with E-state index in [1.807, 2.05) is 4.57 Å². The molecule has 1 saturated heterocycles. The van der Waals surface area contributed by atoms with Crippen LogP contribution in [-0.4, -0.2) is 66.5 Å². The van der Waals surface area contributed by atoms with E-state index in [9.17, 15) is 14.9 Å². The Morgan fingerprint density at radius 3 is 2.30 bits per heavy atom. The zero-order valence-electron chi connectivity index (χ0n) is 27.6. The Labute approximate surface area is 260 Å². The molecular formula is C30H47N5O7Si2. The van der Waals surface area contributed by atoms with E-state index in [0.717, 1.165) is 5.56 Å². The number of nitrogens with one attached hydrogen (secondary N) is 1. The SMILES string of the molecule is CC(C)(C)[Si](C)(C)OC[C@H]1O[C@@H](n2cnc3c(OCCc4ccc([N+](=O)[O-])cc4)nc(=O)[nH]c32)C[C@@H]1O[Si](C)(C)C(C)(C)C. The van der Waals surface area contributed by atoms with Crippen molar-refractivity contribution >= 4 is 33.5 Å².